The molecule has 0 spiro atoms. The van der Waals surface area contributed by atoms with E-state index in [1.54, 1.807) is 36.0 Å². The van der Waals surface area contributed by atoms with Gasteiger partial charge in [0.15, 0.2) is 5.76 Å². The van der Waals surface area contributed by atoms with Gasteiger partial charge in [0.1, 0.15) is 5.76 Å². The highest BCUT2D eigenvalue weighted by molar-refractivity contribution is 7.97. The summed E-state index contributed by atoms with van der Waals surface area (Å²) in [5, 5.41) is 11.5. The molecule has 5 nitrogen and oxygen atoms in total. The second kappa shape index (κ2) is 6.29. The van der Waals surface area contributed by atoms with Gasteiger partial charge in [-0.3, -0.25) is 4.79 Å². The van der Waals surface area contributed by atoms with Crippen LogP contribution in [-0.4, -0.2) is 23.2 Å². The molecule has 0 aliphatic carbocycles. The lowest BCUT2D eigenvalue weighted by Gasteiger charge is -2.04. The van der Waals surface area contributed by atoms with Gasteiger partial charge in [-0.2, -0.15) is 11.8 Å². The van der Waals surface area contributed by atoms with Crippen LogP contribution >= 0.6 is 11.8 Å². The van der Waals surface area contributed by atoms with Gasteiger partial charge in [0, 0.05) is 5.69 Å². The minimum Gasteiger partial charge on any atom is -0.478 e. The SMILES string of the molecule is CSCc1ccc(C(=O)Nc2cccc(C(=O)O)c2)o1. The number of rotatable bonds is 5. The highest BCUT2D eigenvalue weighted by Crippen LogP contribution is 2.16. The van der Waals surface area contributed by atoms with Crippen molar-refractivity contribution in [3.8, 4) is 0 Å². The number of hydrogen-bond donors (Lipinski definition) is 2. The standard InChI is InChI=1S/C14H13NO4S/c1-20-8-11-5-6-12(19-11)13(16)15-10-4-2-3-9(7-10)14(17)18/h2-7H,8H2,1H3,(H,15,16)(H,17,18). The largest absolute Gasteiger partial charge is 0.478 e. The smallest absolute Gasteiger partial charge is 0.335 e. The van der Waals surface area contributed by atoms with E-state index in [2.05, 4.69) is 5.32 Å². The summed E-state index contributed by atoms with van der Waals surface area (Å²) in [4.78, 5) is 22.8. The fourth-order valence-electron chi connectivity index (χ4n) is 1.64. The summed E-state index contributed by atoms with van der Waals surface area (Å²) in [6.07, 6.45) is 1.94. The molecule has 2 aromatic rings. The van der Waals surface area contributed by atoms with Crippen LogP contribution in [0.2, 0.25) is 0 Å². The van der Waals surface area contributed by atoms with Crippen LogP contribution in [0.5, 0.6) is 0 Å². The second-order valence-electron chi connectivity index (χ2n) is 4.04. The fourth-order valence-corrected chi connectivity index (χ4v) is 2.08. The molecule has 1 amide bonds. The Labute approximate surface area is 120 Å². The van der Waals surface area contributed by atoms with Gasteiger partial charge in [-0.25, -0.2) is 4.79 Å². The second-order valence-corrected chi connectivity index (χ2v) is 4.91. The zero-order valence-electron chi connectivity index (χ0n) is 10.8. The van der Waals surface area contributed by atoms with Gasteiger partial charge in [0.05, 0.1) is 11.3 Å². The van der Waals surface area contributed by atoms with Crippen LogP contribution in [0.15, 0.2) is 40.8 Å². The predicted molar refractivity (Wildman–Crippen MR) is 77.3 cm³/mol. The number of amides is 1. The Morgan fingerprint density at radius 3 is 2.80 bits per heavy atom. The lowest BCUT2D eigenvalue weighted by Crippen LogP contribution is -2.11. The van der Waals surface area contributed by atoms with Crippen molar-refractivity contribution in [2.75, 3.05) is 11.6 Å². The van der Waals surface area contributed by atoms with E-state index in [1.165, 1.54) is 12.1 Å². The summed E-state index contributed by atoms with van der Waals surface area (Å²) in [6.45, 7) is 0. The maximum Gasteiger partial charge on any atom is 0.335 e. The van der Waals surface area contributed by atoms with E-state index < -0.39 is 11.9 Å². The highest BCUT2D eigenvalue weighted by Gasteiger charge is 2.12. The van der Waals surface area contributed by atoms with Crippen molar-refractivity contribution in [2.45, 2.75) is 5.75 Å². The number of carbonyl (C=O) groups is 2. The highest BCUT2D eigenvalue weighted by atomic mass is 32.2. The summed E-state index contributed by atoms with van der Waals surface area (Å²) in [6, 6.07) is 9.39. The Morgan fingerprint density at radius 2 is 2.10 bits per heavy atom. The summed E-state index contributed by atoms with van der Waals surface area (Å²) in [5.74, 6) is 0.180. The van der Waals surface area contributed by atoms with Crippen molar-refractivity contribution in [3.05, 3.63) is 53.5 Å². The van der Waals surface area contributed by atoms with E-state index >= 15 is 0 Å². The molecule has 1 heterocycles. The third-order valence-corrected chi connectivity index (χ3v) is 3.11. The first kappa shape index (κ1) is 14.2. The number of benzene rings is 1. The summed E-state index contributed by atoms with van der Waals surface area (Å²) >= 11 is 1.60. The van der Waals surface area contributed by atoms with Crippen molar-refractivity contribution in [1.29, 1.82) is 0 Å². The molecule has 0 aliphatic heterocycles. The van der Waals surface area contributed by atoms with Crippen molar-refractivity contribution in [2.24, 2.45) is 0 Å². The quantitative estimate of drug-likeness (QED) is 0.885. The number of furan rings is 1. The monoisotopic (exact) mass is 291 g/mol. The maximum atomic E-state index is 12.0. The molecule has 2 N–H and O–H groups in total. The number of nitrogens with one attached hydrogen (secondary N) is 1. The molecule has 1 aromatic heterocycles. The van der Waals surface area contributed by atoms with Crippen molar-refractivity contribution in [3.63, 3.8) is 0 Å². The van der Waals surface area contributed by atoms with Crippen molar-refractivity contribution in [1.82, 2.24) is 0 Å². The third kappa shape index (κ3) is 3.42. The third-order valence-electron chi connectivity index (χ3n) is 2.54. The van der Waals surface area contributed by atoms with E-state index in [0.29, 0.717) is 11.4 Å². The van der Waals surface area contributed by atoms with Gasteiger partial charge in [-0.05, 0) is 36.6 Å². The molecule has 0 saturated heterocycles. The Kier molecular flexibility index (Phi) is 4.47. The molecule has 0 unspecified atom stereocenters. The summed E-state index contributed by atoms with van der Waals surface area (Å²) in [7, 11) is 0. The summed E-state index contributed by atoms with van der Waals surface area (Å²) in [5.41, 5.74) is 0.531. The molecule has 0 atom stereocenters. The number of hydrogen-bond acceptors (Lipinski definition) is 4. The zero-order chi connectivity index (χ0) is 14.5. The molecule has 2 rings (SSSR count). The number of thioether (sulfide) groups is 1. The molecule has 6 heteroatoms. The van der Waals surface area contributed by atoms with Crippen LogP contribution in [0.25, 0.3) is 0 Å². The minimum absolute atomic E-state index is 0.116. The average Bonchev–Trinajstić information content (AvgIpc) is 2.88. The first-order valence-corrected chi connectivity index (χ1v) is 7.22. The summed E-state index contributed by atoms with van der Waals surface area (Å²) < 4.78 is 5.39. The lowest BCUT2D eigenvalue weighted by atomic mass is 10.2. The molecule has 0 radical (unpaired) electrons. The van der Waals surface area contributed by atoms with Crippen LogP contribution in [0, 0.1) is 0 Å². The topological polar surface area (TPSA) is 79.5 Å². The van der Waals surface area contributed by atoms with E-state index in [1.807, 2.05) is 6.26 Å². The first-order chi connectivity index (χ1) is 9.60. The molecular weight excluding hydrogens is 278 g/mol. The average molecular weight is 291 g/mol. The van der Waals surface area contributed by atoms with Gasteiger partial charge < -0.3 is 14.8 Å². The van der Waals surface area contributed by atoms with Crippen LogP contribution in [0.1, 0.15) is 26.7 Å². The van der Waals surface area contributed by atoms with Gasteiger partial charge in [-0.15, -0.1) is 0 Å². The molecule has 20 heavy (non-hydrogen) atoms. The normalized spacial score (nSPS) is 10.2. The Bertz CT molecular complexity index is 636. The van der Waals surface area contributed by atoms with Crippen molar-refractivity contribution < 1.29 is 19.1 Å². The minimum atomic E-state index is -1.04. The van der Waals surface area contributed by atoms with E-state index in [9.17, 15) is 9.59 Å². The molecule has 0 saturated carbocycles. The van der Waals surface area contributed by atoms with E-state index in [-0.39, 0.29) is 11.3 Å². The Morgan fingerprint density at radius 1 is 1.30 bits per heavy atom. The Balaban J connectivity index is 2.10. The van der Waals surface area contributed by atoms with Gasteiger partial charge in [0.25, 0.3) is 5.91 Å². The molecule has 0 fully saturated rings. The molecule has 0 aliphatic rings. The van der Waals surface area contributed by atoms with Gasteiger partial charge in [0.2, 0.25) is 0 Å². The van der Waals surface area contributed by atoms with Gasteiger partial charge >= 0.3 is 5.97 Å². The van der Waals surface area contributed by atoms with Crippen LogP contribution in [0.4, 0.5) is 5.69 Å². The molecular formula is C14H13NO4S. The van der Waals surface area contributed by atoms with Gasteiger partial charge in [-0.1, -0.05) is 6.07 Å². The number of carboxylic acid groups (broad SMARTS) is 1. The number of anilines is 1. The first-order valence-electron chi connectivity index (χ1n) is 5.82. The molecule has 1 aromatic carbocycles. The maximum absolute atomic E-state index is 12.0. The number of carboxylic acids is 1. The van der Waals surface area contributed by atoms with Crippen LogP contribution < -0.4 is 5.32 Å². The Hall–Kier alpha value is -2.21. The van der Waals surface area contributed by atoms with Crippen LogP contribution in [-0.2, 0) is 5.75 Å². The number of carbonyl (C=O) groups excluding carboxylic acids is 1. The van der Waals surface area contributed by atoms with E-state index in [0.717, 1.165) is 5.76 Å². The molecule has 104 valence electrons. The van der Waals surface area contributed by atoms with E-state index in [4.69, 9.17) is 9.52 Å². The number of aromatic carboxylic acids is 1. The zero-order valence-corrected chi connectivity index (χ0v) is 11.6. The molecule has 0 bridgehead atoms. The fraction of sp³-hybridized carbons (Fsp3) is 0.143. The van der Waals surface area contributed by atoms with Crippen LogP contribution in [0.3, 0.4) is 0 Å². The predicted octanol–water partition coefficient (Wildman–Crippen LogP) is 3.09. The lowest BCUT2D eigenvalue weighted by molar-refractivity contribution is 0.0696. The van der Waals surface area contributed by atoms with Crippen molar-refractivity contribution >= 4 is 29.3 Å².